The summed E-state index contributed by atoms with van der Waals surface area (Å²) in [5.74, 6) is 0. The van der Waals surface area contributed by atoms with E-state index in [0.29, 0.717) is 5.69 Å². The molecule has 0 saturated carbocycles. The monoisotopic (exact) mass is 201 g/mol. The van der Waals surface area contributed by atoms with Crippen molar-refractivity contribution in [2.24, 2.45) is 5.14 Å². The Kier molecular flexibility index (Phi) is 2.86. The summed E-state index contributed by atoms with van der Waals surface area (Å²) in [6.07, 6.45) is 0. The first-order chi connectivity index (χ1) is 5.97. The van der Waals surface area contributed by atoms with Crippen molar-refractivity contribution in [1.82, 2.24) is 4.72 Å². The highest BCUT2D eigenvalue weighted by Gasteiger charge is 2.00. The van der Waals surface area contributed by atoms with Crippen molar-refractivity contribution in [2.75, 3.05) is 5.73 Å². The molecule has 0 heterocycles. The van der Waals surface area contributed by atoms with Gasteiger partial charge in [0.2, 0.25) is 0 Å². The Hall–Kier alpha value is -1.11. The molecule has 6 heteroatoms. The highest BCUT2D eigenvalue weighted by molar-refractivity contribution is 7.87. The third-order valence-electron chi connectivity index (χ3n) is 1.46. The molecule has 0 saturated heterocycles. The molecule has 5 nitrogen and oxygen atoms in total. The quantitative estimate of drug-likeness (QED) is 0.578. The van der Waals surface area contributed by atoms with Gasteiger partial charge in [-0.2, -0.15) is 13.1 Å². The van der Waals surface area contributed by atoms with E-state index in [-0.39, 0.29) is 6.54 Å². The van der Waals surface area contributed by atoms with E-state index in [2.05, 4.69) is 4.72 Å². The summed E-state index contributed by atoms with van der Waals surface area (Å²) in [5.41, 5.74) is 6.89. The van der Waals surface area contributed by atoms with Gasteiger partial charge in [-0.3, -0.25) is 0 Å². The lowest BCUT2D eigenvalue weighted by atomic mass is 10.2. The first-order valence-corrected chi connectivity index (χ1v) is 5.14. The Labute approximate surface area is 76.9 Å². The van der Waals surface area contributed by atoms with Gasteiger partial charge >= 0.3 is 0 Å². The molecule has 0 bridgehead atoms. The summed E-state index contributed by atoms with van der Waals surface area (Å²) in [5, 5.41) is 4.75. The number of hydrogen-bond donors (Lipinski definition) is 3. The van der Waals surface area contributed by atoms with Gasteiger partial charge in [-0.15, -0.1) is 0 Å². The number of benzene rings is 1. The molecule has 1 aromatic carbocycles. The van der Waals surface area contributed by atoms with E-state index in [1.54, 1.807) is 24.3 Å². The SMILES string of the molecule is Nc1ccc(CNS(N)(=O)=O)cc1. The van der Waals surface area contributed by atoms with Crippen molar-refractivity contribution in [1.29, 1.82) is 0 Å². The summed E-state index contributed by atoms with van der Waals surface area (Å²) in [7, 11) is -3.61. The first-order valence-electron chi connectivity index (χ1n) is 3.59. The van der Waals surface area contributed by atoms with Crippen molar-refractivity contribution in [2.45, 2.75) is 6.54 Å². The van der Waals surface area contributed by atoms with E-state index in [1.165, 1.54) is 0 Å². The second-order valence-corrected chi connectivity index (χ2v) is 3.99. The smallest absolute Gasteiger partial charge is 0.274 e. The second kappa shape index (κ2) is 3.73. The van der Waals surface area contributed by atoms with E-state index in [1.807, 2.05) is 0 Å². The van der Waals surface area contributed by atoms with Crippen LogP contribution in [0, 0.1) is 0 Å². The Balaban J connectivity index is 2.61. The molecule has 72 valence electrons. The van der Waals surface area contributed by atoms with Crippen molar-refractivity contribution in [3.05, 3.63) is 29.8 Å². The zero-order valence-corrected chi connectivity index (χ0v) is 7.71. The third kappa shape index (κ3) is 3.88. The topological polar surface area (TPSA) is 98.2 Å². The van der Waals surface area contributed by atoms with Gasteiger partial charge in [-0.1, -0.05) is 12.1 Å². The summed E-state index contributed by atoms with van der Waals surface area (Å²) in [4.78, 5) is 0. The molecule has 1 rings (SSSR count). The molecule has 1 aromatic rings. The third-order valence-corrected chi connectivity index (χ3v) is 2.00. The Bertz CT molecular complexity index is 371. The van der Waals surface area contributed by atoms with Crippen LogP contribution in [-0.2, 0) is 16.8 Å². The van der Waals surface area contributed by atoms with Gasteiger partial charge in [0.15, 0.2) is 0 Å². The van der Waals surface area contributed by atoms with E-state index in [4.69, 9.17) is 10.9 Å². The van der Waals surface area contributed by atoms with Gasteiger partial charge in [0.05, 0.1) is 0 Å². The summed E-state index contributed by atoms with van der Waals surface area (Å²) in [6, 6.07) is 6.85. The molecular formula is C7H11N3O2S. The van der Waals surface area contributed by atoms with Crippen LogP contribution in [0.15, 0.2) is 24.3 Å². The lowest BCUT2D eigenvalue weighted by molar-refractivity contribution is 0.583. The minimum absolute atomic E-state index is 0.180. The van der Waals surface area contributed by atoms with E-state index < -0.39 is 10.2 Å². The van der Waals surface area contributed by atoms with Gasteiger partial charge in [0.25, 0.3) is 10.2 Å². The van der Waals surface area contributed by atoms with Crippen molar-refractivity contribution in [3.8, 4) is 0 Å². The average molecular weight is 201 g/mol. The molecular weight excluding hydrogens is 190 g/mol. The van der Waals surface area contributed by atoms with Gasteiger partial charge < -0.3 is 5.73 Å². The lowest BCUT2D eigenvalue weighted by Gasteiger charge is -2.01. The molecule has 13 heavy (non-hydrogen) atoms. The van der Waals surface area contributed by atoms with Crippen LogP contribution in [-0.4, -0.2) is 8.42 Å². The Morgan fingerprint density at radius 3 is 2.23 bits per heavy atom. The second-order valence-electron chi connectivity index (χ2n) is 2.61. The minimum atomic E-state index is -3.61. The maximum absolute atomic E-state index is 10.5. The Morgan fingerprint density at radius 2 is 1.77 bits per heavy atom. The largest absolute Gasteiger partial charge is 0.399 e. The van der Waals surface area contributed by atoms with Crippen molar-refractivity contribution < 1.29 is 8.42 Å². The number of nitrogen functional groups attached to an aromatic ring is 1. The predicted molar refractivity (Wildman–Crippen MR) is 50.8 cm³/mol. The van der Waals surface area contributed by atoms with Crippen LogP contribution in [0.2, 0.25) is 0 Å². The molecule has 0 aliphatic heterocycles. The fraction of sp³-hybridized carbons (Fsp3) is 0.143. The number of nitrogens with two attached hydrogens (primary N) is 2. The maximum Gasteiger partial charge on any atom is 0.274 e. The zero-order chi connectivity index (χ0) is 9.90. The molecule has 0 spiro atoms. The Morgan fingerprint density at radius 1 is 1.23 bits per heavy atom. The molecule has 0 radical (unpaired) electrons. The van der Waals surface area contributed by atoms with Gasteiger partial charge in [-0.05, 0) is 17.7 Å². The maximum atomic E-state index is 10.5. The van der Waals surface area contributed by atoms with E-state index in [9.17, 15) is 8.42 Å². The molecule has 0 aliphatic carbocycles. The first kappa shape index (κ1) is 9.97. The summed E-state index contributed by atoms with van der Waals surface area (Å²) >= 11 is 0. The zero-order valence-electron chi connectivity index (χ0n) is 6.90. The standard InChI is InChI=1S/C7H11N3O2S/c8-7-3-1-6(2-4-7)5-10-13(9,11)12/h1-4,10H,5,8H2,(H2,9,11,12). The summed E-state index contributed by atoms with van der Waals surface area (Å²) in [6.45, 7) is 0.180. The van der Waals surface area contributed by atoms with Crippen LogP contribution in [0.5, 0.6) is 0 Å². The fourth-order valence-electron chi connectivity index (χ4n) is 0.819. The van der Waals surface area contributed by atoms with E-state index in [0.717, 1.165) is 5.56 Å². The van der Waals surface area contributed by atoms with E-state index >= 15 is 0 Å². The number of rotatable bonds is 3. The highest BCUT2D eigenvalue weighted by Crippen LogP contribution is 2.04. The minimum Gasteiger partial charge on any atom is -0.399 e. The van der Waals surface area contributed by atoms with Crippen LogP contribution >= 0.6 is 0 Å². The molecule has 0 aliphatic rings. The molecule has 0 fully saturated rings. The van der Waals surface area contributed by atoms with Crippen molar-refractivity contribution in [3.63, 3.8) is 0 Å². The van der Waals surface area contributed by atoms with Crippen LogP contribution in [0.1, 0.15) is 5.56 Å². The molecule has 0 unspecified atom stereocenters. The highest BCUT2D eigenvalue weighted by atomic mass is 32.2. The van der Waals surface area contributed by atoms with Crippen LogP contribution in [0.3, 0.4) is 0 Å². The van der Waals surface area contributed by atoms with Gasteiger partial charge in [0.1, 0.15) is 0 Å². The summed E-state index contributed by atoms with van der Waals surface area (Å²) < 4.78 is 23.2. The molecule has 5 N–H and O–H groups in total. The normalized spacial score (nSPS) is 11.5. The average Bonchev–Trinajstić information content (AvgIpc) is 2.02. The van der Waals surface area contributed by atoms with Crippen LogP contribution in [0.25, 0.3) is 0 Å². The molecule has 0 atom stereocenters. The van der Waals surface area contributed by atoms with Gasteiger partial charge in [0, 0.05) is 12.2 Å². The van der Waals surface area contributed by atoms with Crippen molar-refractivity contribution >= 4 is 15.9 Å². The van der Waals surface area contributed by atoms with Gasteiger partial charge in [-0.25, -0.2) is 5.14 Å². The lowest BCUT2D eigenvalue weighted by Crippen LogP contribution is -2.30. The number of hydrogen-bond acceptors (Lipinski definition) is 3. The fourth-order valence-corrected chi connectivity index (χ4v) is 1.19. The number of nitrogens with one attached hydrogen (secondary N) is 1. The predicted octanol–water partition coefficient (Wildman–Crippen LogP) is -0.438. The molecule has 0 amide bonds. The number of anilines is 1. The molecule has 0 aromatic heterocycles. The van der Waals surface area contributed by atoms with Crippen LogP contribution < -0.4 is 15.6 Å². The van der Waals surface area contributed by atoms with Crippen LogP contribution in [0.4, 0.5) is 5.69 Å².